The van der Waals surface area contributed by atoms with E-state index in [9.17, 15) is 9.59 Å². The molecule has 1 aromatic rings. The molecule has 0 unspecified atom stereocenters. The number of aromatic nitrogens is 2. The van der Waals surface area contributed by atoms with Gasteiger partial charge in [-0.3, -0.25) is 19.0 Å². The van der Waals surface area contributed by atoms with Gasteiger partial charge in [0.05, 0.1) is 30.6 Å². The Hall–Kier alpha value is -1.89. The molecular weight excluding hydrogens is 382 g/mol. The minimum atomic E-state index is -0.527. The fraction of sp³-hybridized carbons (Fsp3) is 0.783. The summed E-state index contributed by atoms with van der Waals surface area (Å²) in [6, 6.07) is 0. The van der Waals surface area contributed by atoms with Crippen molar-refractivity contribution in [1.29, 1.82) is 0 Å². The summed E-state index contributed by atoms with van der Waals surface area (Å²) in [5.74, 6) is -0.248. The van der Waals surface area contributed by atoms with Crippen LogP contribution < -0.4 is 5.49 Å². The Morgan fingerprint density at radius 2 is 1.90 bits per heavy atom. The van der Waals surface area contributed by atoms with Crippen molar-refractivity contribution in [2.45, 2.75) is 83.8 Å². The molecule has 3 fully saturated rings. The molecule has 1 amide bonds. The molecule has 7 nitrogen and oxygen atoms in total. The molecule has 1 aromatic heterocycles. The SMILES string of the molecule is COC(=O)C12CCC(C(=O)N=c3c(C(C)(C)C)cn(C)n3C[C@H]3CCCO3)(CC1)C2. The number of amides is 1. The van der Waals surface area contributed by atoms with Gasteiger partial charge in [0.15, 0.2) is 5.49 Å². The van der Waals surface area contributed by atoms with Crippen LogP contribution in [0, 0.1) is 10.8 Å². The summed E-state index contributed by atoms with van der Waals surface area (Å²) in [6.45, 7) is 7.93. The van der Waals surface area contributed by atoms with E-state index >= 15 is 0 Å². The zero-order valence-electron chi connectivity index (χ0n) is 19.0. The summed E-state index contributed by atoms with van der Waals surface area (Å²) in [4.78, 5) is 30.7. The van der Waals surface area contributed by atoms with Crippen LogP contribution in [-0.4, -0.2) is 41.1 Å². The predicted molar refractivity (Wildman–Crippen MR) is 112 cm³/mol. The van der Waals surface area contributed by atoms with Crippen molar-refractivity contribution in [3.63, 3.8) is 0 Å². The van der Waals surface area contributed by atoms with Gasteiger partial charge in [0, 0.05) is 25.4 Å². The summed E-state index contributed by atoms with van der Waals surface area (Å²) >= 11 is 0. The third kappa shape index (κ3) is 3.45. The molecule has 0 spiro atoms. The number of fused-ring (bicyclic) bond motifs is 2. The van der Waals surface area contributed by atoms with Crippen LogP contribution in [0.3, 0.4) is 0 Å². The molecule has 0 radical (unpaired) electrons. The number of esters is 1. The van der Waals surface area contributed by atoms with E-state index in [1.807, 2.05) is 11.7 Å². The maximum absolute atomic E-state index is 13.6. The lowest BCUT2D eigenvalue weighted by Gasteiger charge is -2.24. The Balaban J connectivity index is 1.72. The molecule has 166 valence electrons. The lowest BCUT2D eigenvalue weighted by Crippen LogP contribution is -2.35. The summed E-state index contributed by atoms with van der Waals surface area (Å²) in [5, 5.41) is 0. The maximum atomic E-state index is 13.6. The first-order valence-corrected chi connectivity index (χ1v) is 11.2. The van der Waals surface area contributed by atoms with E-state index < -0.39 is 10.8 Å². The van der Waals surface area contributed by atoms with Crippen molar-refractivity contribution in [1.82, 2.24) is 9.36 Å². The fourth-order valence-corrected chi connectivity index (χ4v) is 5.65. The molecule has 2 saturated carbocycles. The van der Waals surface area contributed by atoms with E-state index in [1.165, 1.54) is 7.11 Å². The van der Waals surface area contributed by atoms with Crippen LogP contribution in [0.2, 0.25) is 0 Å². The fourth-order valence-electron chi connectivity index (χ4n) is 5.65. The van der Waals surface area contributed by atoms with Crippen molar-refractivity contribution >= 4 is 11.9 Å². The zero-order valence-corrected chi connectivity index (χ0v) is 19.0. The summed E-state index contributed by atoms with van der Waals surface area (Å²) < 4.78 is 15.0. The summed E-state index contributed by atoms with van der Waals surface area (Å²) in [5.41, 5.74) is 0.639. The Morgan fingerprint density at radius 3 is 2.47 bits per heavy atom. The van der Waals surface area contributed by atoms with Crippen LogP contribution in [-0.2, 0) is 38.1 Å². The van der Waals surface area contributed by atoms with E-state index in [2.05, 4.69) is 31.6 Å². The number of nitrogens with zero attached hydrogens (tertiary/aromatic N) is 3. The van der Waals surface area contributed by atoms with Crippen LogP contribution in [0.15, 0.2) is 11.2 Å². The van der Waals surface area contributed by atoms with Gasteiger partial charge in [-0.15, -0.1) is 0 Å². The first kappa shape index (κ1) is 21.3. The highest BCUT2D eigenvalue weighted by Crippen LogP contribution is 2.62. The molecule has 3 aliphatic rings. The average molecular weight is 418 g/mol. The monoisotopic (exact) mass is 417 g/mol. The molecule has 0 N–H and O–H groups in total. The lowest BCUT2D eigenvalue weighted by atomic mass is 9.81. The van der Waals surface area contributed by atoms with Crippen LogP contribution in [0.4, 0.5) is 0 Å². The van der Waals surface area contributed by atoms with Crippen LogP contribution in [0.25, 0.3) is 0 Å². The average Bonchev–Trinajstić information content (AvgIpc) is 3.47. The van der Waals surface area contributed by atoms with Gasteiger partial charge < -0.3 is 9.47 Å². The molecule has 0 aromatic carbocycles. The van der Waals surface area contributed by atoms with Crippen molar-refractivity contribution in [3.05, 3.63) is 17.2 Å². The van der Waals surface area contributed by atoms with E-state index in [0.29, 0.717) is 25.8 Å². The number of carbonyl (C=O) groups excluding carboxylic acids is 2. The van der Waals surface area contributed by atoms with Crippen molar-refractivity contribution in [3.8, 4) is 0 Å². The Labute approximate surface area is 178 Å². The summed E-state index contributed by atoms with van der Waals surface area (Å²) in [6.07, 6.45) is 7.79. The highest BCUT2D eigenvalue weighted by atomic mass is 16.5. The summed E-state index contributed by atoms with van der Waals surface area (Å²) in [7, 11) is 3.44. The lowest BCUT2D eigenvalue weighted by molar-refractivity contribution is -0.152. The second-order valence-electron chi connectivity index (χ2n) is 10.6. The third-order valence-electron chi connectivity index (χ3n) is 7.51. The number of methoxy groups -OCH3 is 1. The van der Waals surface area contributed by atoms with E-state index in [0.717, 1.165) is 43.3 Å². The van der Waals surface area contributed by atoms with E-state index in [-0.39, 0.29) is 23.4 Å². The molecule has 2 heterocycles. The van der Waals surface area contributed by atoms with Crippen LogP contribution in [0.5, 0.6) is 0 Å². The quantitative estimate of drug-likeness (QED) is 0.706. The molecule has 2 aliphatic carbocycles. The zero-order chi connectivity index (χ0) is 21.7. The molecule has 1 aliphatic heterocycles. The maximum Gasteiger partial charge on any atom is 0.311 e. The molecule has 7 heteroatoms. The van der Waals surface area contributed by atoms with Crippen molar-refractivity contribution < 1.29 is 19.1 Å². The van der Waals surface area contributed by atoms with Crippen LogP contribution >= 0.6 is 0 Å². The Morgan fingerprint density at radius 1 is 1.23 bits per heavy atom. The first-order chi connectivity index (χ1) is 14.1. The normalized spacial score (nSPS) is 31.5. The van der Waals surface area contributed by atoms with E-state index in [1.54, 1.807) is 0 Å². The topological polar surface area (TPSA) is 74.8 Å². The molecule has 1 saturated heterocycles. The molecule has 2 bridgehead atoms. The van der Waals surface area contributed by atoms with Gasteiger partial charge in [-0.05, 0) is 50.4 Å². The largest absolute Gasteiger partial charge is 0.469 e. The number of aryl methyl sites for hydroxylation is 1. The predicted octanol–water partition coefficient (Wildman–Crippen LogP) is 2.85. The number of hydrogen-bond acceptors (Lipinski definition) is 4. The minimum absolute atomic E-state index is 0.0800. The second kappa shape index (κ2) is 7.36. The highest BCUT2D eigenvalue weighted by Gasteiger charge is 2.61. The highest BCUT2D eigenvalue weighted by molar-refractivity contribution is 5.88. The van der Waals surface area contributed by atoms with Gasteiger partial charge in [-0.2, -0.15) is 4.99 Å². The molecular formula is C23H35N3O4. The van der Waals surface area contributed by atoms with Gasteiger partial charge in [0.2, 0.25) is 0 Å². The van der Waals surface area contributed by atoms with Gasteiger partial charge in [-0.1, -0.05) is 20.8 Å². The Bertz CT molecular complexity index is 904. The molecule has 1 atom stereocenters. The number of carbonyl (C=O) groups is 2. The van der Waals surface area contributed by atoms with Crippen molar-refractivity contribution in [2.75, 3.05) is 13.7 Å². The first-order valence-electron chi connectivity index (χ1n) is 11.2. The van der Waals surface area contributed by atoms with Gasteiger partial charge in [-0.25, -0.2) is 0 Å². The number of hydrogen-bond donors (Lipinski definition) is 0. The smallest absolute Gasteiger partial charge is 0.311 e. The Kier molecular flexibility index (Phi) is 5.24. The number of rotatable bonds is 4. The van der Waals surface area contributed by atoms with Gasteiger partial charge in [0.25, 0.3) is 5.91 Å². The molecule has 4 rings (SSSR count). The third-order valence-corrected chi connectivity index (χ3v) is 7.51. The van der Waals surface area contributed by atoms with E-state index in [4.69, 9.17) is 14.5 Å². The molecule has 30 heavy (non-hydrogen) atoms. The van der Waals surface area contributed by atoms with Crippen LogP contribution in [0.1, 0.15) is 71.3 Å². The van der Waals surface area contributed by atoms with Crippen molar-refractivity contribution in [2.24, 2.45) is 22.9 Å². The standard InChI is InChI=1S/C23H35N3O4/c1-21(2,3)17-14-25(4)26(13-16-7-6-12-30-16)18(17)24-19(27)22-8-10-23(15-22,11-9-22)20(28)29-5/h14,16H,6-13,15H2,1-5H3/t16-,22?,23?/m1/s1. The van der Waals surface area contributed by atoms with Gasteiger partial charge >= 0.3 is 5.97 Å². The minimum Gasteiger partial charge on any atom is -0.469 e. The number of ether oxygens (including phenoxy) is 2. The van der Waals surface area contributed by atoms with Gasteiger partial charge in [0.1, 0.15) is 0 Å². The second-order valence-corrected chi connectivity index (χ2v) is 10.6.